The van der Waals surface area contributed by atoms with Gasteiger partial charge in [0.05, 0.1) is 11.4 Å². The zero-order valence-corrected chi connectivity index (χ0v) is 26.4. The zero-order valence-electron chi connectivity index (χ0n) is 24.8. The fraction of sp³-hybridized carbons (Fsp3) is 0.633. The second-order valence-corrected chi connectivity index (χ2v) is 15.7. The van der Waals surface area contributed by atoms with Gasteiger partial charge in [0, 0.05) is 22.9 Å². The quantitative estimate of drug-likeness (QED) is 0.246. The molecule has 5 atom stereocenters. The summed E-state index contributed by atoms with van der Waals surface area (Å²) in [6.07, 6.45) is 7.63. The summed E-state index contributed by atoms with van der Waals surface area (Å²) in [5.74, 6) is 1.44. The van der Waals surface area contributed by atoms with Crippen LogP contribution in [0, 0.1) is 30.1 Å². The minimum absolute atomic E-state index is 0.00628. The zero-order chi connectivity index (χ0) is 29.7. The minimum atomic E-state index is -4.39. The van der Waals surface area contributed by atoms with Crippen LogP contribution in [0.5, 0.6) is 0 Å². The number of benzene rings is 1. The Morgan fingerprint density at radius 1 is 1.29 bits per heavy atom. The minimum Gasteiger partial charge on any atom is -0.399 e. The normalized spacial score (nSPS) is 28.5. The average Bonchev–Trinajstić information content (AvgIpc) is 3.40. The molecule has 11 heteroatoms. The van der Waals surface area contributed by atoms with Gasteiger partial charge < -0.3 is 10.2 Å². The number of hydrogen-bond acceptors (Lipinski definition) is 7. The van der Waals surface area contributed by atoms with Crippen LogP contribution in [0.3, 0.4) is 0 Å². The highest BCUT2D eigenvalue weighted by Gasteiger charge is 2.57. The van der Waals surface area contributed by atoms with Crippen LogP contribution in [-0.4, -0.2) is 36.7 Å². The van der Waals surface area contributed by atoms with Gasteiger partial charge in [0.1, 0.15) is 7.11 Å². The Kier molecular flexibility index (Phi) is 8.02. The molecule has 41 heavy (non-hydrogen) atoms. The lowest BCUT2D eigenvalue weighted by atomic mass is 9.53. The third-order valence-electron chi connectivity index (χ3n) is 9.60. The number of aromatic nitrogens is 1. The van der Waals surface area contributed by atoms with E-state index in [2.05, 4.69) is 53.9 Å². The van der Waals surface area contributed by atoms with Crippen LogP contribution in [0.25, 0.3) is 0 Å². The Morgan fingerprint density at radius 3 is 2.68 bits per heavy atom. The van der Waals surface area contributed by atoms with E-state index in [-0.39, 0.29) is 16.7 Å². The average molecular weight is 603 g/mol. The lowest BCUT2D eigenvalue weighted by molar-refractivity contribution is -0.116. The van der Waals surface area contributed by atoms with E-state index < -0.39 is 10.3 Å². The van der Waals surface area contributed by atoms with Crippen LogP contribution in [-0.2, 0) is 31.8 Å². The fourth-order valence-electron chi connectivity index (χ4n) is 7.97. The fourth-order valence-corrected chi connectivity index (χ4v) is 9.10. The summed E-state index contributed by atoms with van der Waals surface area (Å²) in [4.78, 5) is 23.5. The molecular weight excluding hydrogens is 560 g/mol. The van der Waals surface area contributed by atoms with E-state index in [1.54, 1.807) is 13.3 Å². The van der Waals surface area contributed by atoms with Gasteiger partial charge in [-0.05, 0) is 97.3 Å². The molecule has 0 aliphatic heterocycles. The van der Waals surface area contributed by atoms with Gasteiger partial charge >= 0.3 is 10.3 Å². The number of carbonyl (C=O) groups is 1. The highest BCUT2D eigenvalue weighted by Crippen LogP contribution is 2.63. The van der Waals surface area contributed by atoms with Gasteiger partial charge in [0.2, 0.25) is 5.91 Å². The molecular formula is C30H42N4O5S2. The smallest absolute Gasteiger partial charge is 0.357 e. The highest BCUT2D eigenvalue weighted by atomic mass is 32.2. The van der Waals surface area contributed by atoms with Gasteiger partial charge in [-0.25, -0.2) is 4.98 Å². The molecule has 2 aromatic rings. The molecule has 9 nitrogen and oxygen atoms in total. The first-order valence-electron chi connectivity index (χ1n) is 14.4. The highest BCUT2D eigenvalue weighted by molar-refractivity contribution is 7.87. The van der Waals surface area contributed by atoms with Gasteiger partial charge in [0.25, 0.3) is 0 Å². The number of carbonyl (C=O) groups excluding carboxylic acids is 1. The Labute approximate surface area is 247 Å². The molecule has 0 bridgehead atoms. The van der Waals surface area contributed by atoms with Crippen molar-refractivity contribution in [2.24, 2.45) is 28.3 Å². The number of rotatable bonds is 7. The molecule has 3 unspecified atom stereocenters. The van der Waals surface area contributed by atoms with Gasteiger partial charge in [-0.3, -0.25) is 14.1 Å². The van der Waals surface area contributed by atoms with Crippen molar-refractivity contribution in [3.8, 4) is 0 Å². The number of hydrogen-bond donors (Lipinski definition) is 3. The summed E-state index contributed by atoms with van der Waals surface area (Å²) in [5, 5.41) is 8.13. The van der Waals surface area contributed by atoms with E-state index in [9.17, 15) is 17.8 Å². The van der Waals surface area contributed by atoms with Gasteiger partial charge in [-0.1, -0.05) is 38.9 Å². The van der Waals surface area contributed by atoms with E-state index >= 15 is 0 Å². The van der Waals surface area contributed by atoms with Crippen molar-refractivity contribution in [1.82, 2.24) is 4.98 Å². The van der Waals surface area contributed by atoms with Crippen LogP contribution < -0.4 is 10.0 Å². The molecule has 3 aliphatic carbocycles. The molecule has 0 spiro atoms. The Hall–Kier alpha value is -2.50. The number of thiazole rings is 1. The Balaban J connectivity index is 1.45. The van der Waals surface area contributed by atoms with Crippen molar-refractivity contribution in [2.45, 2.75) is 90.9 Å². The third kappa shape index (κ3) is 6.03. The standard InChI is InChI=1S/C30H42N4O5S2/c1-17-16-31-28(40-17)32-26(35)10-8-19-14-25(33-39-6)30(5)12-11-20-21(27(19)30)9-7-18-13-24(34-41(36,37)38)23(15-22(18)20)29(2,3)4/h13,15-16,19-21,27,34H,7-12,14H2,1-6H3,(H,31,32,35)(H,36,37,38)/t19-,20?,21?,27?,30-/m1/s1. The van der Waals surface area contributed by atoms with Gasteiger partial charge in [0.15, 0.2) is 5.13 Å². The molecule has 1 aromatic carbocycles. The first-order valence-corrected chi connectivity index (χ1v) is 16.7. The van der Waals surface area contributed by atoms with Crippen molar-refractivity contribution < 1.29 is 22.6 Å². The number of fused-ring (bicyclic) bond motifs is 5. The molecule has 224 valence electrons. The third-order valence-corrected chi connectivity index (χ3v) is 10.9. The number of aryl methyl sites for hydroxylation is 2. The second kappa shape index (κ2) is 11.0. The molecule has 0 radical (unpaired) electrons. The first-order chi connectivity index (χ1) is 19.2. The van der Waals surface area contributed by atoms with Gasteiger partial charge in [-0.2, -0.15) is 8.42 Å². The number of nitrogens with zero attached hydrogens (tertiary/aromatic N) is 2. The predicted molar refractivity (Wildman–Crippen MR) is 163 cm³/mol. The van der Waals surface area contributed by atoms with E-state index in [0.717, 1.165) is 60.2 Å². The molecule has 0 saturated heterocycles. The molecule has 1 aromatic heterocycles. The van der Waals surface area contributed by atoms with Crippen LogP contribution in [0.15, 0.2) is 23.5 Å². The number of oxime groups is 1. The Morgan fingerprint density at radius 2 is 2.05 bits per heavy atom. The van der Waals surface area contributed by atoms with Crippen LogP contribution in [0.4, 0.5) is 10.8 Å². The summed E-state index contributed by atoms with van der Waals surface area (Å²) >= 11 is 1.48. The van der Waals surface area contributed by atoms with Gasteiger partial charge in [-0.15, -0.1) is 11.3 Å². The molecule has 1 amide bonds. The van der Waals surface area contributed by atoms with E-state index in [0.29, 0.717) is 40.9 Å². The predicted octanol–water partition coefficient (Wildman–Crippen LogP) is 6.47. The van der Waals surface area contributed by atoms with Crippen LogP contribution in [0.2, 0.25) is 0 Å². The van der Waals surface area contributed by atoms with E-state index in [1.165, 1.54) is 16.9 Å². The number of amides is 1. The molecule has 2 saturated carbocycles. The molecule has 3 N–H and O–H groups in total. The van der Waals surface area contributed by atoms with Crippen LogP contribution >= 0.6 is 11.3 Å². The lowest BCUT2D eigenvalue weighted by Gasteiger charge is -2.50. The number of nitrogens with one attached hydrogen (secondary N) is 2. The topological polar surface area (TPSA) is 130 Å². The van der Waals surface area contributed by atoms with E-state index in [4.69, 9.17) is 4.84 Å². The maximum Gasteiger partial charge on any atom is 0.357 e. The van der Waals surface area contributed by atoms with Crippen molar-refractivity contribution in [3.05, 3.63) is 39.9 Å². The summed E-state index contributed by atoms with van der Waals surface area (Å²) in [5.41, 5.74) is 4.47. The summed E-state index contributed by atoms with van der Waals surface area (Å²) in [6.45, 7) is 10.5. The van der Waals surface area contributed by atoms with Crippen molar-refractivity contribution in [3.63, 3.8) is 0 Å². The summed E-state index contributed by atoms with van der Waals surface area (Å²) in [6, 6.07) is 4.11. The molecule has 2 fully saturated rings. The van der Waals surface area contributed by atoms with E-state index in [1.807, 2.05) is 13.0 Å². The molecule has 5 rings (SSSR count). The SMILES string of the molecule is CON=C1C[C@@H](CCC(=O)Nc2ncc(C)s2)C2C3CCc4cc(NS(=O)(=O)O)c(C(C)(C)C)cc4C3CC[C@]12C. The molecule has 3 aliphatic rings. The maximum atomic E-state index is 12.9. The maximum absolute atomic E-state index is 12.9. The monoisotopic (exact) mass is 602 g/mol. The first kappa shape index (κ1) is 30.0. The summed E-state index contributed by atoms with van der Waals surface area (Å²) < 4.78 is 35.4. The van der Waals surface area contributed by atoms with Crippen LogP contribution in [0.1, 0.15) is 93.7 Å². The second-order valence-electron chi connectivity index (χ2n) is 13.3. The molecule has 1 heterocycles. The number of anilines is 2. The Bertz CT molecular complexity index is 1460. The van der Waals surface area contributed by atoms with Crippen molar-refractivity contribution in [2.75, 3.05) is 17.1 Å². The lowest BCUT2D eigenvalue weighted by Crippen LogP contribution is -2.44. The largest absolute Gasteiger partial charge is 0.399 e. The van der Waals surface area contributed by atoms with Crippen molar-refractivity contribution in [1.29, 1.82) is 0 Å². The summed E-state index contributed by atoms with van der Waals surface area (Å²) in [7, 11) is -2.78. The van der Waals surface area contributed by atoms with Crippen molar-refractivity contribution >= 4 is 44.1 Å².